The van der Waals surface area contributed by atoms with E-state index in [0.717, 1.165) is 6.07 Å². The Kier molecular flexibility index (Phi) is 3.25. The molecule has 5 heteroatoms. The number of Topliss-reactive ketones (excluding diaryl/α,β-unsaturated/α-hetero) is 1. The van der Waals surface area contributed by atoms with E-state index < -0.39 is 11.6 Å². The lowest BCUT2D eigenvalue weighted by molar-refractivity contribution is 0.100. The molecule has 2 N–H and O–H groups in total. The summed E-state index contributed by atoms with van der Waals surface area (Å²) in [4.78, 5) is 11.1. The van der Waals surface area contributed by atoms with Gasteiger partial charge in [-0.25, -0.2) is 4.39 Å². The van der Waals surface area contributed by atoms with Gasteiger partial charge in [0.15, 0.2) is 5.78 Å². The first-order chi connectivity index (χ1) is 6.07. The standard InChI is InChI=1S/C8H6Cl2FNO/c9-4-1-2-5(11)8(10)7(4)6(13)3-12/h1-2H,3,12H2. The van der Waals surface area contributed by atoms with Crippen LogP contribution in [0.1, 0.15) is 10.4 Å². The van der Waals surface area contributed by atoms with Crippen LogP contribution in [0.3, 0.4) is 0 Å². The van der Waals surface area contributed by atoms with E-state index >= 15 is 0 Å². The minimum atomic E-state index is -0.678. The van der Waals surface area contributed by atoms with Crippen LogP contribution in [0.2, 0.25) is 10.0 Å². The number of ketones is 1. The molecule has 1 aromatic carbocycles. The van der Waals surface area contributed by atoms with Gasteiger partial charge in [-0.15, -0.1) is 0 Å². The van der Waals surface area contributed by atoms with Crippen molar-refractivity contribution in [2.45, 2.75) is 0 Å². The summed E-state index contributed by atoms with van der Waals surface area (Å²) < 4.78 is 12.9. The minimum Gasteiger partial charge on any atom is -0.324 e. The zero-order valence-electron chi connectivity index (χ0n) is 6.48. The molecule has 0 radical (unpaired) electrons. The van der Waals surface area contributed by atoms with E-state index in [4.69, 9.17) is 28.9 Å². The van der Waals surface area contributed by atoms with Crippen molar-refractivity contribution in [3.63, 3.8) is 0 Å². The number of halogens is 3. The summed E-state index contributed by atoms with van der Waals surface area (Å²) in [6, 6.07) is 2.36. The zero-order chi connectivity index (χ0) is 10.0. The molecule has 0 saturated carbocycles. The van der Waals surface area contributed by atoms with Crippen molar-refractivity contribution in [3.8, 4) is 0 Å². The second-order valence-electron chi connectivity index (χ2n) is 2.35. The molecule has 13 heavy (non-hydrogen) atoms. The maximum absolute atomic E-state index is 12.9. The van der Waals surface area contributed by atoms with E-state index in [1.165, 1.54) is 6.07 Å². The first-order valence-corrected chi connectivity index (χ1v) is 4.20. The largest absolute Gasteiger partial charge is 0.324 e. The Hall–Kier alpha value is -0.640. The van der Waals surface area contributed by atoms with Crippen molar-refractivity contribution in [2.75, 3.05) is 6.54 Å². The van der Waals surface area contributed by atoms with Gasteiger partial charge >= 0.3 is 0 Å². The average Bonchev–Trinajstić information content (AvgIpc) is 2.12. The molecule has 1 aromatic rings. The number of hydrogen-bond donors (Lipinski definition) is 1. The Labute approximate surface area is 84.4 Å². The molecule has 0 atom stereocenters. The van der Waals surface area contributed by atoms with Crippen molar-refractivity contribution < 1.29 is 9.18 Å². The number of nitrogens with two attached hydrogens (primary N) is 1. The monoisotopic (exact) mass is 221 g/mol. The van der Waals surface area contributed by atoms with Crippen molar-refractivity contribution in [3.05, 3.63) is 33.6 Å². The average molecular weight is 222 g/mol. The molecule has 1 rings (SSSR count). The fourth-order valence-electron chi connectivity index (χ4n) is 0.885. The highest BCUT2D eigenvalue weighted by Crippen LogP contribution is 2.27. The van der Waals surface area contributed by atoms with Crippen LogP contribution in [0.15, 0.2) is 12.1 Å². The van der Waals surface area contributed by atoms with Gasteiger partial charge in [0.25, 0.3) is 0 Å². The van der Waals surface area contributed by atoms with Crippen LogP contribution >= 0.6 is 23.2 Å². The van der Waals surface area contributed by atoms with Crippen molar-refractivity contribution in [1.82, 2.24) is 0 Å². The first kappa shape index (κ1) is 10.4. The SMILES string of the molecule is NCC(=O)c1c(Cl)ccc(F)c1Cl. The lowest BCUT2D eigenvalue weighted by atomic mass is 10.1. The predicted octanol–water partition coefficient (Wildman–Crippen LogP) is 2.27. The Morgan fingerprint density at radius 3 is 2.62 bits per heavy atom. The van der Waals surface area contributed by atoms with Crippen LogP contribution < -0.4 is 5.73 Å². The molecule has 0 heterocycles. The number of rotatable bonds is 2. The third-order valence-electron chi connectivity index (χ3n) is 1.51. The maximum atomic E-state index is 12.9. The highest BCUT2D eigenvalue weighted by Gasteiger charge is 2.16. The van der Waals surface area contributed by atoms with Gasteiger partial charge in [-0.1, -0.05) is 23.2 Å². The molecule has 0 spiro atoms. The maximum Gasteiger partial charge on any atom is 0.179 e. The number of carbonyl (C=O) groups excluding carboxylic acids is 1. The smallest absolute Gasteiger partial charge is 0.179 e. The molecule has 0 amide bonds. The number of benzene rings is 1. The molecule has 0 saturated heterocycles. The van der Waals surface area contributed by atoms with E-state index in [1.54, 1.807) is 0 Å². The van der Waals surface area contributed by atoms with Crippen LogP contribution in [-0.4, -0.2) is 12.3 Å². The summed E-state index contributed by atoms with van der Waals surface area (Å²) in [6.45, 7) is -0.247. The van der Waals surface area contributed by atoms with Gasteiger partial charge in [-0.3, -0.25) is 4.79 Å². The molecule has 0 aliphatic rings. The van der Waals surface area contributed by atoms with Gasteiger partial charge in [-0.2, -0.15) is 0 Å². The molecule has 2 nitrogen and oxygen atoms in total. The Morgan fingerprint density at radius 2 is 2.08 bits per heavy atom. The summed E-state index contributed by atoms with van der Waals surface area (Å²) in [5, 5.41) is -0.162. The second-order valence-corrected chi connectivity index (χ2v) is 3.13. The van der Waals surface area contributed by atoms with Crippen molar-refractivity contribution in [1.29, 1.82) is 0 Å². The summed E-state index contributed by atoms with van der Waals surface area (Å²) in [5.41, 5.74) is 5.05. The van der Waals surface area contributed by atoms with Crippen LogP contribution in [-0.2, 0) is 0 Å². The minimum absolute atomic E-state index is 0.0502. The number of hydrogen-bond acceptors (Lipinski definition) is 2. The highest BCUT2D eigenvalue weighted by molar-refractivity contribution is 6.40. The molecule has 0 aliphatic heterocycles. The quantitative estimate of drug-likeness (QED) is 0.616. The van der Waals surface area contributed by atoms with Gasteiger partial charge in [0, 0.05) is 0 Å². The van der Waals surface area contributed by atoms with E-state index in [0.29, 0.717) is 0 Å². The van der Waals surface area contributed by atoms with E-state index in [1.807, 2.05) is 0 Å². The summed E-state index contributed by atoms with van der Waals surface area (Å²) >= 11 is 11.2. The Balaban J connectivity index is 3.33. The van der Waals surface area contributed by atoms with Crippen molar-refractivity contribution in [2.24, 2.45) is 5.73 Å². The van der Waals surface area contributed by atoms with E-state index in [2.05, 4.69) is 0 Å². The summed E-state index contributed by atoms with van der Waals surface area (Å²) in [5.74, 6) is -1.16. The molecule has 70 valence electrons. The molecule has 0 fully saturated rings. The first-order valence-electron chi connectivity index (χ1n) is 3.44. The highest BCUT2D eigenvalue weighted by atomic mass is 35.5. The van der Waals surface area contributed by atoms with E-state index in [9.17, 15) is 9.18 Å². The van der Waals surface area contributed by atoms with E-state index in [-0.39, 0.29) is 22.2 Å². The molecule has 0 unspecified atom stereocenters. The molecule has 0 bridgehead atoms. The molecule has 0 aromatic heterocycles. The van der Waals surface area contributed by atoms with Crippen molar-refractivity contribution >= 4 is 29.0 Å². The Morgan fingerprint density at radius 1 is 1.46 bits per heavy atom. The lowest BCUT2D eigenvalue weighted by Crippen LogP contribution is -2.15. The molecular formula is C8H6Cl2FNO. The third kappa shape index (κ3) is 1.99. The zero-order valence-corrected chi connectivity index (χ0v) is 7.99. The Bertz CT molecular complexity index is 354. The van der Waals surface area contributed by atoms with Crippen LogP contribution in [0.5, 0.6) is 0 Å². The second kappa shape index (κ2) is 4.05. The van der Waals surface area contributed by atoms with Crippen LogP contribution in [0.4, 0.5) is 4.39 Å². The van der Waals surface area contributed by atoms with Crippen LogP contribution in [0, 0.1) is 5.82 Å². The fourth-order valence-corrected chi connectivity index (χ4v) is 1.47. The normalized spacial score (nSPS) is 10.2. The topological polar surface area (TPSA) is 43.1 Å². The van der Waals surface area contributed by atoms with Gasteiger partial charge < -0.3 is 5.73 Å². The lowest BCUT2D eigenvalue weighted by Gasteiger charge is -2.04. The van der Waals surface area contributed by atoms with Gasteiger partial charge in [0.2, 0.25) is 0 Å². The van der Waals surface area contributed by atoms with Gasteiger partial charge in [0.05, 0.1) is 22.2 Å². The summed E-state index contributed by atoms with van der Waals surface area (Å²) in [7, 11) is 0. The number of carbonyl (C=O) groups is 1. The predicted molar refractivity (Wildman–Crippen MR) is 49.8 cm³/mol. The van der Waals surface area contributed by atoms with Crippen LogP contribution in [0.25, 0.3) is 0 Å². The molecular weight excluding hydrogens is 216 g/mol. The molecule has 0 aliphatic carbocycles. The fraction of sp³-hybridized carbons (Fsp3) is 0.125. The van der Waals surface area contributed by atoms with Gasteiger partial charge in [-0.05, 0) is 12.1 Å². The summed E-state index contributed by atoms with van der Waals surface area (Å²) in [6.07, 6.45) is 0. The van der Waals surface area contributed by atoms with Gasteiger partial charge in [0.1, 0.15) is 5.82 Å². The third-order valence-corrected chi connectivity index (χ3v) is 2.19.